The van der Waals surface area contributed by atoms with E-state index in [-0.39, 0.29) is 24.0 Å². The number of ether oxygens (including phenoxy) is 3. The van der Waals surface area contributed by atoms with Crippen LogP contribution in [0.5, 0.6) is 17.2 Å². The first-order chi connectivity index (χ1) is 13.3. The molecule has 0 unspecified atom stereocenters. The van der Waals surface area contributed by atoms with Crippen molar-refractivity contribution in [1.82, 2.24) is 9.80 Å². The van der Waals surface area contributed by atoms with Gasteiger partial charge < -0.3 is 29.3 Å². The predicted octanol–water partition coefficient (Wildman–Crippen LogP) is 2.97. The van der Waals surface area contributed by atoms with Crippen LogP contribution < -0.4 is 19.5 Å². The molecule has 1 aliphatic heterocycles. The van der Waals surface area contributed by atoms with Crippen molar-refractivity contribution in [2.75, 3.05) is 39.7 Å². The van der Waals surface area contributed by atoms with Crippen molar-refractivity contribution < 1.29 is 23.8 Å². The fourth-order valence-electron chi connectivity index (χ4n) is 3.62. The SMILES string of the molecule is COc1cc(NC(=O)N(C(C)C)C2CCN(C(C)=O)CC2)cc(OC)c1OC. The fourth-order valence-corrected chi connectivity index (χ4v) is 3.62. The van der Waals surface area contributed by atoms with Crippen LogP contribution in [0.1, 0.15) is 33.6 Å². The lowest BCUT2D eigenvalue weighted by Crippen LogP contribution is -2.52. The number of hydrogen-bond donors (Lipinski definition) is 1. The number of benzene rings is 1. The van der Waals surface area contributed by atoms with Gasteiger partial charge in [-0.15, -0.1) is 0 Å². The van der Waals surface area contributed by atoms with Crippen molar-refractivity contribution in [1.29, 1.82) is 0 Å². The summed E-state index contributed by atoms with van der Waals surface area (Å²) in [5.74, 6) is 1.50. The lowest BCUT2D eigenvalue weighted by molar-refractivity contribution is -0.130. The van der Waals surface area contributed by atoms with Gasteiger partial charge >= 0.3 is 6.03 Å². The monoisotopic (exact) mass is 393 g/mol. The normalized spacial score (nSPS) is 14.6. The molecule has 0 aromatic heterocycles. The number of piperidine rings is 1. The zero-order valence-electron chi connectivity index (χ0n) is 17.6. The third-order valence-corrected chi connectivity index (χ3v) is 5.01. The highest BCUT2D eigenvalue weighted by molar-refractivity contribution is 5.90. The molecule has 1 aliphatic rings. The molecule has 3 amide bonds. The van der Waals surface area contributed by atoms with Gasteiger partial charge in [0.15, 0.2) is 11.5 Å². The topological polar surface area (TPSA) is 80.3 Å². The lowest BCUT2D eigenvalue weighted by atomic mass is 10.0. The molecule has 2 rings (SSSR count). The molecule has 0 atom stereocenters. The zero-order valence-corrected chi connectivity index (χ0v) is 17.6. The first-order valence-electron chi connectivity index (χ1n) is 9.47. The summed E-state index contributed by atoms with van der Waals surface area (Å²) in [6.45, 7) is 6.90. The van der Waals surface area contributed by atoms with Crippen molar-refractivity contribution in [3.05, 3.63) is 12.1 Å². The van der Waals surface area contributed by atoms with Crippen LogP contribution in [0, 0.1) is 0 Å². The zero-order chi connectivity index (χ0) is 20.8. The van der Waals surface area contributed by atoms with E-state index in [4.69, 9.17) is 14.2 Å². The summed E-state index contributed by atoms with van der Waals surface area (Å²) in [6.07, 6.45) is 1.53. The summed E-state index contributed by atoms with van der Waals surface area (Å²) in [5.41, 5.74) is 0.561. The Morgan fingerprint density at radius 1 is 1.07 bits per heavy atom. The highest BCUT2D eigenvalue weighted by Gasteiger charge is 2.30. The Balaban J connectivity index is 2.18. The van der Waals surface area contributed by atoms with Crippen LogP contribution in [0.15, 0.2) is 12.1 Å². The molecule has 0 radical (unpaired) electrons. The van der Waals surface area contributed by atoms with Crippen molar-refractivity contribution in [2.24, 2.45) is 0 Å². The standard InChI is InChI=1S/C20H31N3O5/c1-13(2)23(16-7-9-22(10-8-16)14(3)24)20(25)21-15-11-17(26-4)19(28-6)18(12-15)27-5/h11-13,16H,7-10H2,1-6H3,(H,21,25). The second-order valence-electron chi connectivity index (χ2n) is 7.08. The molecule has 0 bridgehead atoms. The largest absolute Gasteiger partial charge is 0.493 e. The summed E-state index contributed by atoms with van der Waals surface area (Å²) in [4.78, 5) is 28.3. The Kier molecular flexibility index (Phi) is 7.37. The van der Waals surface area contributed by atoms with Crippen LogP contribution in [0.2, 0.25) is 0 Å². The number of anilines is 1. The van der Waals surface area contributed by atoms with Crippen LogP contribution >= 0.6 is 0 Å². The predicted molar refractivity (Wildman–Crippen MR) is 107 cm³/mol. The number of carbonyl (C=O) groups excluding carboxylic acids is 2. The van der Waals surface area contributed by atoms with Gasteiger partial charge in [0.2, 0.25) is 11.7 Å². The van der Waals surface area contributed by atoms with Gasteiger partial charge in [-0.1, -0.05) is 0 Å². The fraction of sp³-hybridized carbons (Fsp3) is 0.600. The minimum Gasteiger partial charge on any atom is -0.493 e. The smallest absolute Gasteiger partial charge is 0.322 e. The molecule has 1 saturated heterocycles. The molecular weight excluding hydrogens is 362 g/mol. The minimum atomic E-state index is -0.189. The molecule has 1 N–H and O–H groups in total. The summed E-state index contributed by atoms with van der Waals surface area (Å²) < 4.78 is 16.0. The number of urea groups is 1. The second kappa shape index (κ2) is 9.52. The summed E-state index contributed by atoms with van der Waals surface area (Å²) in [7, 11) is 4.60. The molecule has 8 nitrogen and oxygen atoms in total. The summed E-state index contributed by atoms with van der Waals surface area (Å²) >= 11 is 0. The van der Waals surface area contributed by atoms with Crippen LogP contribution in [0.25, 0.3) is 0 Å². The van der Waals surface area contributed by atoms with Gasteiger partial charge in [0, 0.05) is 44.2 Å². The van der Waals surface area contributed by atoms with E-state index in [1.165, 1.54) is 21.3 Å². The summed E-state index contributed by atoms with van der Waals surface area (Å²) in [6, 6.07) is 3.32. The number of hydrogen-bond acceptors (Lipinski definition) is 5. The molecule has 1 fully saturated rings. The molecule has 156 valence electrons. The minimum absolute atomic E-state index is 0.0240. The van der Waals surface area contributed by atoms with Crippen LogP contribution in [0.3, 0.4) is 0 Å². The first-order valence-corrected chi connectivity index (χ1v) is 9.47. The van der Waals surface area contributed by atoms with E-state index < -0.39 is 0 Å². The van der Waals surface area contributed by atoms with Gasteiger partial charge in [-0.2, -0.15) is 0 Å². The van der Waals surface area contributed by atoms with E-state index in [0.717, 1.165) is 12.8 Å². The second-order valence-corrected chi connectivity index (χ2v) is 7.08. The van der Waals surface area contributed by atoms with Gasteiger partial charge in [-0.3, -0.25) is 4.79 Å². The molecule has 28 heavy (non-hydrogen) atoms. The molecule has 8 heteroatoms. The van der Waals surface area contributed by atoms with Gasteiger partial charge in [0.25, 0.3) is 0 Å². The average Bonchev–Trinajstić information content (AvgIpc) is 2.67. The van der Waals surface area contributed by atoms with E-state index in [1.807, 2.05) is 23.6 Å². The third kappa shape index (κ3) is 4.79. The molecule has 0 aliphatic carbocycles. The maximum Gasteiger partial charge on any atom is 0.322 e. The van der Waals surface area contributed by atoms with Crippen molar-refractivity contribution in [3.8, 4) is 17.2 Å². The Morgan fingerprint density at radius 2 is 1.61 bits per heavy atom. The Hall–Kier alpha value is -2.64. The van der Waals surface area contributed by atoms with Crippen molar-refractivity contribution in [2.45, 2.75) is 45.7 Å². The molecule has 1 aromatic rings. The van der Waals surface area contributed by atoms with E-state index in [2.05, 4.69) is 5.32 Å². The maximum absolute atomic E-state index is 13.0. The van der Waals surface area contributed by atoms with Gasteiger partial charge in [0.05, 0.1) is 27.0 Å². The lowest BCUT2D eigenvalue weighted by Gasteiger charge is -2.40. The Morgan fingerprint density at radius 3 is 2.00 bits per heavy atom. The number of nitrogens with zero attached hydrogens (tertiary/aromatic N) is 2. The van der Waals surface area contributed by atoms with E-state index in [9.17, 15) is 9.59 Å². The third-order valence-electron chi connectivity index (χ3n) is 5.01. The molecule has 1 heterocycles. The molecule has 0 spiro atoms. The molecular formula is C20H31N3O5. The van der Waals surface area contributed by atoms with Crippen molar-refractivity contribution >= 4 is 17.6 Å². The number of likely N-dealkylation sites (tertiary alicyclic amines) is 1. The number of rotatable bonds is 6. The van der Waals surface area contributed by atoms with Crippen LogP contribution in [-0.4, -0.2) is 68.2 Å². The number of amides is 3. The number of nitrogens with one attached hydrogen (secondary N) is 1. The average molecular weight is 393 g/mol. The quantitative estimate of drug-likeness (QED) is 0.804. The number of methoxy groups -OCH3 is 3. The van der Waals surface area contributed by atoms with Gasteiger partial charge in [-0.05, 0) is 26.7 Å². The van der Waals surface area contributed by atoms with E-state index in [0.29, 0.717) is 36.0 Å². The van der Waals surface area contributed by atoms with Gasteiger partial charge in [-0.25, -0.2) is 4.79 Å². The van der Waals surface area contributed by atoms with Crippen LogP contribution in [0.4, 0.5) is 10.5 Å². The Labute approximate surface area is 166 Å². The van der Waals surface area contributed by atoms with Crippen molar-refractivity contribution in [3.63, 3.8) is 0 Å². The Bertz CT molecular complexity index is 674. The maximum atomic E-state index is 13.0. The van der Waals surface area contributed by atoms with Crippen LogP contribution in [-0.2, 0) is 4.79 Å². The molecule has 0 saturated carbocycles. The number of carbonyl (C=O) groups is 2. The van der Waals surface area contributed by atoms with Gasteiger partial charge in [0.1, 0.15) is 0 Å². The van der Waals surface area contributed by atoms with E-state index >= 15 is 0 Å². The molecule has 1 aromatic carbocycles. The first kappa shape index (κ1) is 21.7. The highest BCUT2D eigenvalue weighted by atomic mass is 16.5. The van der Waals surface area contributed by atoms with E-state index in [1.54, 1.807) is 19.1 Å². The summed E-state index contributed by atoms with van der Waals surface area (Å²) in [5, 5.41) is 2.95. The highest BCUT2D eigenvalue weighted by Crippen LogP contribution is 2.40.